The largest absolute Gasteiger partial charge is 0.513 e. The molecular weight excluding hydrogens is 439 g/mol. The lowest BCUT2D eigenvalue weighted by Gasteiger charge is -2.32. The van der Waals surface area contributed by atoms with Gasteiger partial charge < -0.3 is 28.3 Å². The summed E-state index contributed by atoms with van der Waals surface area (Å²) in [7, 11) is -1.96. The van der Waals surface area contributed by atoms with Gasteiger partial charge in [-0.05, 0) is 53.7 Å². The predicted octanol–water partition coefficient (Wildman–Crippen LogP) is 3.43. The molecule has 0 amide bonds. The minimum Gasteiger partial charge on any atom is -0.461 e. The van der Waals surface area contributed by atoms with Crippen molar-refractivity contribution in [3.63, 3.8) is 0 Å². The quantitative estimate of drug-likeness (QED) is 0.357. The highest BCUT2D eigenvalue weighted by Gasteiger charge is 2.53. The second kappa shape index (κ2) is 9.05. The summed E-state index contributed by atoms with van der Waals surface area (Å²) in [4.78, 5) is 28.1. The van der Waals surface area contributed by atoms with Crippen molar-refractivity contribution < 1.29 is 23.6 Å². The van der Waals surface area contributed by atoms with Gasteiger partial charge >= 0.3 is 13.1 Å². The third-order valence-electron chi connectivity index (χ3n) is 6.56. The number of nitrogens with zero attached hydrogens (tertiary/aromatic N) is 1. The molecule has 0 unspecified atom stereocenters. The zero-order chi connectivity index (χ0) is 24.8. The van der Waals surface area contributed by atoms with Crippen molar-refractivity contribution in [3.8, 4) is 0 Å². The van der Waals surface area contributed by atoms with Gasteiger partial charge in [0.25, 0.3) is 5.56 Å². The average molecular weight is 476 g/mol. The fraction of sp³-hybridized carbons (Fsp3) is 0.652. The van der Waals surface area contributed by atoms with Gasteiger partial charge in [0.15, 0.2) is 0 Å². The molecule has 182 valence electrons. The van der Waals surface area contributed by atoms with E-state index in [4.69, 9.17) is 18.8 Å². The molecule has 0 aromatic carbocycles. The maximum atomic E-state index is 13.0. The SMILES string of the molecule is CCOC(=O)c1cc2c(B3OC(C)(C)C(C)(C)O3)n(COCC[Si](C)(C)C)c(C)c2c(=O)[nH]1. The van der Waals surface area contributed by atoms with E-state index in [1.807, 2.05) is 39.2 Å². The predicted molar refractivity (Wildman–Crippen MR) is 133 cm³/mol. The molecule has 10 heteroatoms. The first-order valence-corrected chi connectivity index (χ1v) is 15.3. The summed E-state index contributed by atoms with van der Waals surface area (Å²) >= 11 is 0. The minimum atomic E-state index is -1.25. The number of ether oxygens (including phenoxy) is 2. The second-order valence-electron chi connectivity index (χ2n) is 10.9. The molecule has 2 aromatic heterocycles. The van der Waals surface area contributed by atoms with Gasteiger partial charge in [0.05, 0.1) is 28.8 Å². The number of esters is 1. The molecule has 1 fully saturated rings. The van der Waals surface area contributed by atoms with Crippen LogP contribution in [0.15, 0.2) is 10.9 Å². The number of aromatic amines is 1. The van der Waals surface area contributed by atoms with Crippen LogP contribution < -0.4 is 11.2 Å². The van der Waals surface area contributed by atoms with Gasteiger partial charge in [0.2, 0.25) is 0 Å². The molecule has 1 saturated heterocycles. The summed E-state index contributed by atoms with van der Waals surface area (Å²) in [6.45, 7) is 19.6. The summed E-state index contributed by atoms with van der Waals surface area (Å²) in [5.41, 5.74) is 0.0361. The maximum Gasteiger partial charge on any atom is 0.513 e. The Hall–Kier alpha value is -1.88. The third-order valence-corrected chi connectivity index (χ3v) is 8.26. The number of H-pyrrole nitrogens is 1. The van der Waals surface area contributed by atoms with E-state index in [1.54, 1.807) is 13.0 Å². The zero-order valence-electron chi connectivity index (χ0n) is 21.4. The molecule has 0 saturated carbocycles. The van der Waals surface area contributed by atoms with Crippen molar-refractivity contribution in [1.29, 1.82) is 0 Å². The van der Waals surface area contributed by atoms with Crippen molar-refractivity contribution in [2.24, 2.45) is 0 Å². The zero-order valence-corrected chi connectivity index (χ0v) is 22.4. The average Bonchev–Trinajstić information content (AvgIpc) is 3.07. The van der Waals surface area contributed by atoms with Crippen LogP contribution in [-0.4, -0.2) is 55.1 Å². The van der Waals surface area contributed by atoms with E-state index in [1.165, 1.54) is 0 Å². The number of nitrogens with one attached hydrogen (secondary N) is 1. The Morgan fingerprint density at radius 3 is 2.33 bits per heavy atom. The molecule has 0 aliphatic carbocycles. The first-order chi connectivity index (χ1) is 15.2. The molecule has 1 aliphatic rings. The lowest BCUT2D eigenvalue weighted by atomic mass is 9.82. The number of hydrogen-bond acceptors (Lipinski definition) is 6. The number of aromatic nitrogens is 2. The van der Waals surface area contributed by atoms with Gasteiger partial charge in [-0.15, -0.1) is 0 Å². The van der Waals surface area contributed by atoms with E-state index in [9.17, 15) is 9.59 Å². The number of fused-ring (bicyclic) bond motifs is 1. The number of pyridine rings is 1. The van der Waals surface area contributed by atoms with Crippen LogP contribution in [0.25, 0.3) is 10.8 Å². The Morgan fingerprint density at radius 2 is 1.79 bits per heavy atom. The first kappa shape index (κ1) is 25.7. The fourth-order valence-corrected chi connectivity index (χ4v) is 4.57. The number of aryl methyl sites for hydroxylation is 1. The summed E-state index contributed by atoms with van der Waals surface area (Å²) in [6.07, 6.45) is 0. The highest BCUT2D eigenvalue weighted by molar-refractivity contribution is 6.76. The Kier molecular flexibility index (Phi) is 7.06. The molecule has 33 heavy (non-hydrogen) atoms. The van der Waals surface area contributed by atoms with E-state index in [2.05, 4.69) is 24.6 Å². The topological polar surface area (TPSA) is 91.8 Å². The van der Waals surface area contributed by atoms with Crippen LogP contribution in [0.3, 0.4) is 0 Å². The summed E-state index contributed by atoms with van der Waals surface area (Å²) in [5.74, 6) is -0.576. The van der Waals surface area contributed by atoms with Gasteiger partial charge in [0.1, 0.15) is 12.4 Å². The van der Waals surface area contributed by atoms with Crippen LogP contribution in [0.4, 0.5) is 0 Å². The lowest BCUT2D eigenvalue weighted by molar-refractivity contribution is 0.00578. The molecule has 3 rings (SSSR count). The Labute approximate surface area is 197 Å². The first-order valence-electron chi connectivity index (χ1n) is 11.5. The van der Waals surface area contributed by atoms with Crippen LogP contribution in [0.1, 0.15) is 50.8 Å². The van der Waals surface area contributed by atoms with Crippen LogP contribution in [0.2, 0.25) is 25.7 Å². The molecule has 1 aliphatic heterocycles. The highest BCUT2D eigenvalue weighted by atomic mass is 28.3. The summed E-state index contributed by atoms with van der Waals surface area (Å²) in [6, 6.07) is 2.69. The summed E-state index contributed by atoms with van der Waals surface area (Å²) < 4.78 is 25.8. The minimum absolute atomic E-state index is 0.101. The van der Waals surface area contributed by atoms with Crippen LogP contribution in [-0.2, 0) is 25.5 Å². The Bertz CT molecular complexity index is 1080. The van der Waals surface area contributed by atoms with Gasteiger partial charge in [-0.25, -0.2) is 4.79 Å². The molecule has 0 spiro atoms. The standard InChI is InChI=1S/C23H37BN2O6Si/c1-10-30-21(28)17-13-16-18(20(27)25-17)15(2)26(14-29-11-12-33(7,8)9)19(16)24-31-22(3,4)23(5,6)32-24/h13H,10-12,14H2,1-9H3,(H,25,27). The van der Waals surface area contributed by atoms with E-state index < -0.39 is 32.4 Å². The van der Waals surface area contributed by atoms with Crippen LogP contribution in [0.5, 0.6) is 0 Å². The fourth-order valence-electron chi connectivity index (χ4n) is 3.81. The van der Waals surface area contributed by atoms with E-state index in [0.717, 1.165) is 11.7 Å². The summed E-state index contributed by atoms with van der Waals surface area (Å²) in [5, 5.41) is 1.09. The van der Waals surface area contributed by atoms with Crippen molar-refractivity contribution in [3.05, 3.63) is 27.8 Å². The van der Waals surface area contributed by atoms with Crippen LogP contribution in [0, 0.1) is 6.92 Å². The molecule has 0 bridgehead atoms. The number of carbonyl (C=O) groups is 1. The Balaban J connectivity index is 2.12. The van der Waals surface area contributed by atoms with E-state index >= 15 is 0 Å². The van der Waals surface area contributed by atoms with Crippen LogP contribution >= 0.6 is 0 Å². The monoisotopic (exact) mass is 476 g/mol. The lowest BCUT2D eigenvalue weighted by Crippen LogP contribution is -2.41. The number of hydrogen-bond donors (Lipinski definition) is 1. The van der Waals surface area contributed by atoms with E-state index in [-0.39, 0.29) is 24.6 Å². The molecule has 1 N–H and O–H groups in total. The molecule has 3 heterocycles. The van der Waals surface area contributed by atoms with Crippen molar-refractivity contribution in [1.82, 2.24) is 9.55 Å². The normalized spacial score (nSPS) is 17.7. The molecular formula is C23H37BN2O6Si. The van der Waals surface area contributed by atoms with Crippen molar-refractivity contribution in [2.75, 3.05) is 13.2 Å². The van der Waals surface area contributed by atoms with Crippen molar-refractivity contribution >= 4 is 37.5 Å². The molecule has 2 aromatic rings. The number of carbonyl (C=O) groups excluding carboxylic acids is 1. The molecule has 8 nitrogen and oxygen atoms in total. The van der Waals surface area contributed by atoms with Gasteiger partial charge in [-0.1, -0.05) is 19.6 Å². The Morgan fingerprint density at radius 1 is 1.18 bits per heavy atom. The van der Waals surface area contributed by atoms with Gasteiger partial charge in [-0.3, -0.25) is 4.79 Å². The maximum absolute atomic E-state index is 13.0. The van der Waals surface area contributed by atoms with E-state index in [0.29, 0.717) is 23.0 Å². The molecule has 0 atom stereocenters. The smallest absolute Gasteiger partial charge is 0.461 e. The highest BCUT2D eigenvalue weighted by Crippen LogP contribution is 2.37. The van der Waals surface area contributed by atoms with Crippen molar-refractivity contribution in [2.45, 2.75) is 85.2 Å². The third kappa shape index (κ3) is 5.13. The second-order valence-corrected chi connectivity index (χ2v) is 16.5. The van der Waals surface area contributed by atoms with Gasteiger partial charge in [0, 0.05) is 25.8 Å². The number of rotatable bonds is 8. The molecule has 0 radical (unpaired) electrons. The van der Waals surface area contributed by atoms with Gasteiger partial charge in [-0.2, -0.15) is 0 Å².